The lowest BCUT2D eigenvalue weighted by Crippen LogP contribution is -2.32. The van der Waals surface area contributed by atoms with E-state index < -0.39 is 15.4 Å². The van der Waals surface area contributed by atoms with Crippen molar-refractivity contribution in [1.82, 2.24) is 4.98 Å². The molecule has 0 radical (unpaired) electrons. The van der Waals surface area contributed by atoms with Crippen LogP contribution in [-0.4, -0.2) is 26.3 Å². The third kappa shape index (κ3) is 5.42. The number of rotatable bonds is 6. The summed E-state index contributed by atoms with van der Waals surface area (Å²) in [4.78, 5) is 4.88. The van der Waals surface area contributed by atoms with Gasteiger partial charge in [-0.1, -0.05) is 46.8 Å². The van der Waals surface area contributed by atoms with Crippen LogP contribution in [0.1, 0.15) is 65.3 Å². The molecule has 0 saturated heterocycles. The lowest BCUT2D eigenvalue weighted by Gasteiger charge is -2.33. The van der Waals surface area contributed by atoms with Crippen LogP contribution in [-0.2, 0) is 31.0 Å². The molecule has 2 aromatic rings. The van der Waals surface area contributed by atoms with Crippen molar-refractivity contribution in [1.29, 1.82) is 0 Å². The van der Waals surface area contributed by atoms with Gasteiger partial charge in [-0.05, 0) is 54.7 Å². The average molecular weight is 404 g/mol. The van der Waals surface area contributed by atoms with Gasteiger partial charge in [0.25, 0.3) is 0 Å². The van der Waals surface area contributed by atoms with Gasteiger partial charge in [0.05, 0.1) is 17.2 Å². The first-order valence-corrected chi connectivity index (χ1v) is 11.4. The van der Waals surface area contributed by atoms with Crippen molar-refractivity contribution in [3.05, 3.63) is 59.4 Å². The summed E-state index contributed by atoms with van der Waals surface area (Å²) >= 11 is 0. The first-order chi connectivity index (χ1) is 12.6. The number of hydrogen-bond donors (Lipinski definition) is 0. The summed E-state index contributed by atoms with van der Waals surface area (Å²) in [5, 5.41) is 0. The summed E-state index contributed by atoms with van der Waals surface area (Å²) in [6.07, 6.45) is 3.06. The van der Waals surface area contributed by atoms with E-state index in [4.69, 9.17) is 4.74 Å². The largest absolute Gasteiger partial charge is 0.368 e. The molecule has 0 fully saturated rings. The van der Waals surface area contributed by atoms with Gasteiger partial charge in [0.1, 0.15) is 5.60 Å². The first kappa shape index (κ1) is 22.6. The number of pyridine rings is 1. The second-order valence-electron chi connectivity index (χ2n) is 9.66. The van der Waals surface area contributed by atoms with Gasteiger partial charge in [-0.15, -0.1) is 0 Å². The van der Waals surface area contributed by atoms with Gasteiger partial charge >= 0.3 is 0 Å². The third-order valence-corrected chi connectivity index (χ3v) is 6.23. The molecule has 154 valence electrons. The molecule has 0 unspecified atom stereocenters. The molecule has 0 aliphatic rings. The topological polar surface area (TPSA) is 56.3 Å². The standard InChI is InChI=1S/C23H33NO3S/c1-21(2,3)18-13-14-24-20(15-18)23(6,7)27-16-22(4,5)17-9-11-19(12-10-17)28(8,25)26/h9-15H,16H2,1-8H3. The fourth-order valence-corrected chi connectivity index (χ4v) is 3.53. The highest BCUT2D eigenvalue weighted by atomic mass is 32.2. The van der Waals surface area contributed by atoms with Crippen molar-refractivity contribution in [3.63, 3.8) is 0 Å². The molecular formula is C23H33NO3S. The second-order valence-corrected chi connectivity index (χ2v) is 11.7. The molecule has 0 bridgehead atoms. The van der Waals surface area contributed by atoms with Gasteiger partial charge in [-0.25, -0.2) is 8.42 Å². The molecule has 0 aliphatic carbocycles. The summed E-state index contributed by atoms with van der Waals surface area (Å²) in [6.45, 7) is 15.3. The van der Waals surface area contributed by atoms with Crippen molar-refractivity contribution in [2.75, 3.05) is 12.9 Å². The van der Waals surface area contributed by atoms with E-state index >= 15 is 0 Å². The summed E-state index contributed by atoms with van der Waals surface area (Å²) in [6, 6.07) is 11.2. The van der Waals surface area contributed by atoms with Gasteiger partial charge in [0.15, 0.2) is 9.84 Å². The highest BCUT2D eigenvalue weighted by Crippen LogP contribution is 2.32. The monoisotopic (exact) mass is 403 g/mol. The zero-order chi connectivity index (χ0) is 21.4. The van der Waals surface area contributed by atoms with E-state index in [-0.39, 0.29) is 10.8 Å². The fraction of sp³-hybridized carbons (Fsp3) is 0.522. The van der Waals surface area contributed by atoms with E-state index in [0.29, 0.717) is 11.5 Å². The normalized spacial score (nSPS) is 13.6. The number of sulfone groups is 1. The predicted molar refractivity (Wildman–Crippen MR) is 114 cm³/mol. The van der Waals surface area contributed by atoms with Crippen molar-refractivity contribution in [3.8, 4) is 0 Å². The number of nitrogens with zero attached hydrogens (tertiary/aromatic N) is 1. The first-order valence-electron chi connectivity index (χ1n) is 9.54. The van der Waals surface area contributed by atoms with Crippen LogP contribution in [0.5, 0.6) is 0 Å². The smallest absolute Gasteiger partial charge is 0.175 e. The van der Waals surface area contributed by atoms with Gasteiger partial charge < -0.3 is 4.74 Å². The van der Waals surface area contributed by atoms with E-state index in [1.165, 1.54) is 11.8 Å². The Labute approximate surface area is 170 Å². The lowest BCUT2D eigenvalue weighted by atomic mass is 9.84. The van der Waals surface area contributed by atoms with Gasteiger partial charge in [-0.3, -0.25) is 4.98 Å². The van der Waals surface area contributed by atoms with E-state index in [2.05, 4.69) is 45.7 Å². The Morgan fingerprint density at radius 2 is 1.46 bits per heavy atom. The number of ether oxygens (including phenoxy) is 1. The maximum Gasteiger partial charge on any atom is 0.175 e. The van der Waals surface area contributed by atoms with Crippen LogP contribution in [0.15, 0.2) is 47.5 Å². The summed E-state index contributed by atoms with van der Waals surface area (Å²) in [7, 11) is -3.19. The molecule has 0 aliphatic heterocycles. The highest BCUT2D eigenvalue weighted by molar-refractivity contribution is 7.90. The van der Waals surface area contributed by atoms with Crippen molar-refractivity contribution in [2.24, 2.45) is 0 Å². The Hall–Kier alpha value is -1.72. The Balaban J connectivity index is 2.19. The summed E-state index contributed by atoms with van der Waals surface area (Å²) in [5.41, 5.74) is 2.41. The van der Waals surface area contributed by atoms with Crippen LogP contribution in [0.2, 0.25) is 0 Å². The molecular weight excluding hydrogens is 370 g/mol. The molecule has 2 rings (SSSR count). The van der Waals surface area contributed by atoms with E-state index in [1.54, 1.807) is 12.1 Å². The second kappa shape index (κ2) is 7.60. The van der Waals surface area contributed by atoms with E-state index in [9.17, 15) is 8.42 Å². The van der Waals surface area contributed by atoms with Crippen LogP contribution in [0, 0.1) is 0 Å². The van der Waals surface area contributed by atoms with Crippen LogP contribution in [0.4, 0.5) is 0 Å². The maximum atomic E-state index is 11.7. The third-order valence-electron chi connectivity index (χ3n) is 5.10. The Morgan fingerprint density at radius 3 is 1.96 bits per heavy atom. The van der Waals surface area contributed by atoms with Crippen LogP contribution in [0.25, 0.3) is 0 Å². The zero-order valence-electron chi connectivity index (χ0n) is 18.3. The zero-order valence-corrected chi connectivity index (χ0v) is 19.1. The molecule has 28 heavy (non-hydrogen) atoms. The number of hydrogen-bond acceptors (Lipinski definition) is 4. The van der Waals surface area contributed by atoms with Crippen molar-refractivity contribution >= 4 is 9.84 Å². The number of benzene rings is 1. The van der Waals surface area contributed by atoms with Crippen molar-refractivity contribution in [2.45, 2.75) is 69.8 Å². The highest BCUT2D eigenvalue weighted by Gasteiger charge is 2.30. The quantitative estimate of drug-likeness (QED) is 0.680. The molecule has 1 aromatic heterocycles. The van der Waals surface area contributed by atoms with Gasteiger partial charge in [0, 0.05) is 17.9 Å². The molecule has 4 nitrogen and oxygen atoms in total. The minimum Gasteiger partial charge on any atom is -0.368 e. The fourth-order valence-electron chi connectivity index (χ4n) is 2.90. The minimum atomic E-state index is -3.19. The predicted octanol–water partition coefficient (Wildman–Crippen LogP) is 5.01. The van der Waals surface area contributed by atoms with E-state index in [0.717, 1.165) is 11.3 Å². The Kier molecular flexibility index (Phi) is 6.13. The summed E-state index contributed by atoms with van der Waals surface area (Å²) < 4.78 is 29.7. The molecule has 5 heteroatoms. The Morgan fingerprint density at radius 1 is 0.893 bits per heavy atom. The lowest BCUT2D eigenvalue weighted by molar-refractivity contribution is -0.0452. The van der Waals surface area contributed by atoms with E-state index in [1.807, 2.05) is 38.2 Å². The van der Waals surface area contributed by atoms with Crippen LogP contribution >= 0.6 is 0 Å². The molecule has 0 atom stereocenters. The SMILES string of the molecule is CC(C)(C)c1ccnc(C(C)(C)OCC(C)(C)c2ccc(S(C)(=O)=O)cc2)c1. The molecule has 0 amide bonds. The van der Waals surface area contributed by atoms with Gasteiger partial charge in [-0.2, -0.15) is 0 Å². The maximum absolute atomic E-state index is 11.7. The van der Waals surface area contributed by atoms with Crippen LogP contribution in [0.3, 0.4) is 0 Å². The minimum absolute atomic E-state index is 0.0500. The molecule has 0 N–H and O–H groups in total. The Bertz CT molecular complexity index is 921. The average Bonchev–Trinajstić information content (AvgIpc) is 2.59. The molecule has 0 saturated carbocycles. The number of aromatic nitrogens is 1. The van der Waals surface area contributed by atoms with Crippen LogP contribution < -0.4 is 0 Å². The molecule has 1 heterocycles. The molecule has 1 aromatic carbocycles. The van der Waals surface area contributed by atoms with Crippen molar-refractivity contribution < 1.29 is 13.2 Å². The summed E-state index contributed by atoms with van der Waals surface area (Å²) in [5.74, 6) is 0. The van der Waals surface area contributed by atoms with Gasteiger partial charge in [0.2, 0.25) is 0 Å². The molecule has 0 spiro atoms.